The van der Waals surface area contributed by atoms with Crippen molar-refractivity contribution in [2.24, 2.45) is 0 Å². The van der Waals surface area contributed by atoms with Crippen LogP contribution < -0.4 is 5.32 Å². The van der Waals surface area contributed by atoms with Crippen molar-refractivity contribution in [2.45, 2.75) is 19.9 Å². The second-order valence-electron chi connectivity index (χ2n) is 5.20. The molecule has 0 atom stereocenters. The molecular weight excluding hydrogens is 270 g/mol. The van der Waals surface area contributed by atoms with Gasteiger partial charge in [0, 0.05) is 30.0 Å². The van der Waals surface area contributed by atoms with Crippen molar-refractivity contribution >= 4 is 22.4 Å². The molecule has 1 aliphatic rings. The van der Waals surface area contributed by atoms with E-state index in [0.29, 0.717) is 10.7 Å². The van der Waals surface area contributed by atoms with Crippen LogP contribution in [-0.2, 0) is 13.0 Å². The van der Waals surface area contributed by atoms with Gasteiger partial charge >= 0.3 is 0 Å². The first-order valence-electron chi connectivity index (χ1n) is 6.67. The number of rotatable bonds is 2. The first kappa shape index (κ1) is 13.3. The molecule has 1 aromatic carbocycles. The third-order valence-electron chi connectivity index (χ3n) is 3.42. The number of carbonyl (C=O) groups excluding carboxylic acids is 1. The Hall–Kier alpha value is -1.72. The minimum Gasteiger partial charge on any atom is -0.301 e. The number of hydrogen-bond donors (Lipinski definition) is 1. The molecule has 0 saturated carbocycles. The van der Waals surface area contributed by atoms with E-state index in [1.54, 1.807) is 11.3 Å². The number of amides is 1. The molecule has 5 heteroatoms. The SMILES string of the molecule is Cc1cccc(C(=O)Nc2nc3c(s2)CN(C)CC3)c1. The first-order chi connectivity index (χ1) is 9.61. The number of likely N-dealkylation sites (N-methyl/N-ethyl adjacent to an activating group) is 1. The first-order valence-corrected chi connectivity index (χ1v) is 7.48. The molecule has 0 bridgehead atoms. The highest BCUT2D eigenvalue weighted by atomic mass is 32.1. The molecule has 4 nitrogen and oxygen atoms in total. The lowest BCUT2D eigenvalue weighted by Crippen LogP contribution is -2.25. The van der Waals surface area contributed by atoms with Crippen LogP contribution in [-0.4, -0.2) is 29.4 Å². The lowest BCUT2D eigenvalue weighted by atomic mass is 10.1. The van der Waals surface area contributed by atoms with Crippen LogP contribution in [0.15, 0.2) is 24.3 Å². The molecular formula is C15H17N3OS. The molecule has 2 heterocycles. The quantitative estimate of drug-likeness (QED) is 0.923. The van der Waals surface area contributed by atoms with Crippen LogP contribution in [0.5, 0.6) is 0 Å². The molecule has 2 aromatic rings. The van der Waals surface area contributed by atoms with E-state index in [1.807, 2.05) is 31.2 Å². The number of carbonyl (C=O) groups is 1. The van der Waals surface area contributed by atoms with Crippen LogP contribution in [0.2, 0.25) is 0 Å². The summed E-state index contributed by atoms with van der Waals surface area (Å²) in [7, 11) is 2.10. The summed E-state index contributed by atoms with van der Waals surface area (Å²) in [6, 6.07) is 7.58. The Morgan fingerprint density at radius 3 is 3.10 bits per heavy atom. The fourth-order valence-electron chi connectivity index (χ4n) is 2.33. The molecule has 0 fully saturated rings. The maximum Gasteiger partial charge on any atom is 0.257 e. The largest absolute Gasteiger partial charge is 0.301 e. The molecule has 0 spiro atoms. The van der Waals surface area contributed by atoms with Gasteiger partial charge in [0.25, 0.3) is 5.91 Å². The van der Waals surface area contributed by atoms with Crippen LogP contribution in [0.4, 0.5) is 5.13 Å². The summed E-state index contributed by atoms with van der Waals surface area (Å²) in [6.45, 7) is 3.93. The van der Waals surface area contributed by atoms with E-state index in [9.17, 15) is 4.79 Å². The Balaban J connectivity index is 1.77. The molecule has 1 amide bonds. The van der Waals surface area contributed by atoms with Crippen molar-refractivity contribution in [2.75, 3.05) is 18.9 Å². The van der Waals surface area contributed by atoms with Gasteiger partial charge in [0.15, 0.2) is 5.13 Å². The lowest BCUT2D eigenvalue weighted by Gasteiger charge is -2.20. The molecule has 3 rings (SSSR count). The summed E-state index contributed by atoms with van der Waals surface area (Å²) in [5, 5.41) is 3.61. The highest BCUT2D eigenvalue weighted by Gasteiger charge is 2.19. The lowest BCUT2D eigenvalue weighted by molar-refractivity contribution is 0.102. The van der Waals surface area contributed by atoms with E-state index in [0.717, 1.165) is 30.8 Å². The van der Waals surface area contributed by atoms with Crippen molar-refractivity contribution < 1.29 is 4.79 Å². The molecule has 0 radical (unpaired) electrons. The average Bonchev–Trinajstić information content (AvgIpc) is 2.80. The summed E-state index contributed by atoms with van der Waals surface area (Å²) < 4.78 is 0. The average molecular weight is 287 g/mol. The third-order valence-corrected chi connectivity index (χ3v) is 4.42. The van der Waals surface area contributed by atoms with Gasteiger partial charge < -0.3 is 4.90 Å². The number of anilines is 1. The number of nitrogens with zero attached hydrogens (tertiary/aromatic N) is 2. The summed E-state index contributed by atoms with van der Waals surface area (Å²) in [5.74, 6) is -0.0897. The number of thiazole rings is 1. The molecule has 0 saturated heterocycles. The minimum atomic E-state index is -0.0897. The van der Waals surface area contributed by atoms with Crippen LogP contribution in [0.1, 0.15) is 26.5 Å². The van der Waals surface area contributed by atoms with Gasteiger partial charge in [-0.15, -0.1) is 11.3 Å². The van der Waals surface area contributed by atoms with Crippen LogP contribution in [0, 0.1) is 6.92 Å². The second-order valence-corrected chi connectivity index (χ2v) is 6.28. The van der Waals surface area contributed by atoms with Gasteiger partial charge in [-0.1, -0.05) is 17.7 Å². The minimum absolute atomic E-state index is 0.0897. The summed E-state index contributed by atoms with van der Waals surface area (Å²) >= 11 is 1.58. The number of nitrogens with one attached hydrogen (secondary N) is 1. The van der Waals surface area contributed by atoms with Gasteiger partial charge in [0.1, 0.15) is 0 Å². The highest BCUT2D eigenvalue weighted by Crippen LogP contribution is 2.28. The summed E-state index contributed by atoms with van der Waals surface area (Å²) in [4.78, 5) is 20.3. The molecule has 1 aromatic heterocycles. The zero-order valence-electron chi connectivity index (χ0n) is 11.6. The van der Waals surface area contributed by atoms with E-state index in [4.69, 9.17) is 0 Å². The molecule has 104 valence electrons. The Labute approximate surface area is 122 Å². The van der Waals surface area contributed by atoms with E-state index in [1.165, 1.54) is 4.88 Å². The predicted octanol–water partition coefficient (Wildman–Crippen LogP) is 2.69. The van der Waals surface area contributed by atoms with Gasteiger partial charge in [0.2, 0.25) is 0 Å². The maximum absolute atomic E-state index is 12.2. The van der Waals surface area contributed by atoms with Crippen molar-refractivity contribution in [3.63, 3.8) is 0 Å². The molecule has 0 aliphatic carbocycles. The second kappa shape index (κ2) is 5.34. The van der Waals surface area contributed by atoms with Gasteiger partial charge in [-0.2, -0.15) is 0 Å². The smallest absolute Gasteiger partial charge is 0.257 e. The number of fused-ring (bicyclic) bond motifs is 1. The van der Waals surface area contributed by atoms with Gasteiger partial charge in [-0.05, 0) is 26.1 Å². The number of benzene rings is 1. The van der Waals surface area contributed by atoms with Crippen LogP contribution in [0.25, 0.3) is 0 Å². The predicted molar refractivity (Wildman–Crippen MR) is 81.3 cm³/mol. The zero-order chi connectivity index (χ0) is 14.1. The Morgan fingerprint density at radius 1 is 1.45 bits per heavy atom. The van der Waals surface area contributed by atoms with Crippen molar-refractivity contribution in [3.05, 3.63) is 46.0 Å². The van der Waals surface area contributed by atoms with Crippen molar-refractivity contribution in [3.8, 4) is 0 Å². The topological polar surface area (TPSA) is 45.2 Å². The van der Waals surface area contributed by atoms with Gasteiger partial charge in [-0.3, -0.25) is 10.1 Å². The molecule has 1 aliphatic heterocycles. The Morgan fingerprint density at radius 2 is 2.30 bits per heavy atom. The molecule has 1 N–H and O–H groups in total. The molecule has 0 unspecified atom stereocenters. The Bertz CT molecular complexity index is 650. The fraction of sp³-hybridized carbons (Fsp3) is 0.333. The van der Waals surface area contributed by atoms with Crippen molar-refractivity contribution in [1.29, 1.82) is 0 Å². The third kappa shape index (κ3) is 2.73. The van der Waals surface area contributed by atoms with Crippen molar-refractivity contribution in [1.82, 2.24) is 9.88 Å². The number of hydrogen-bond acceptors (Lipinski definition) is 4. The van der Waals surface area contributed by atoms with E-state index < -0.39 is 0 Å². The Kier molecular flexibility index (Phi) is 3.54. The van der Waals surface area contributed by atoms with E-state index >= 15 is 0 Å². The van der Waals surface area contributed by atoms with Crippen LogP contribution >= 0.6 is 11.3 Å². The van der Waals surface area contributed by atoms with E-state index in [2.05, 4.69) is 22.2 Å². The standard InChI is InChI=1S/C15H17N3OS/c1-10-4-3-5-11(8-10)14(19)17-15-16-12-6-7-18(2)9-13(12)20-15/h3-5,8H,6-7,9H2,1-2H3,(H,16,17,19). The fourth-order valence-corrected chi connectivity index (χ4v) is 3.42. The summed E-state index contributed by atoms with van der Waals surface area (Å²) in [6.07, 6.45) is 0.961. The molecule has 20 heavy (non-hydrogen) atoms. The monoisotopic (exact) mass is 287 g/mol. The zero-order valence-corrected chi connectivity index (χ0v) is 12.5. The van der Waals surface area contributed by atoms with Crippen LogP contribution in [0.3, 0.4) is 0 Å². The number of aryl methyl sites for hydroxylation is 1. The number of aromatic nitrogens is 1. The normalized spacial score (nSPS) is 14.9. The maximum atomic E-state index is 12.2. The highest BCUT2D eigenvalue weighted by molar-refractivity contribution is 7.15. The van der Waals surface area contributed by atoms with E-state index in [-0.39, 0.29) is 5.91 Å². The van der Waals surface area contributed by atoms with Gasteiger partial charge in [0.05, 0.1) is 5.69 Å². The van der Waals surface area contributed by atoms with Gasteiger partial charge in [-0.25, -0.2) is 4.98 Å². The summed E-state index contributed by atoms with van der Waals surface area (Å²) in [5.41, 5.74) is 2.89.